The Bertz CT molecular complexity index is 129. The molecule has 0 aromatic carbocycles. The fourth-order valence-electron chi connectivity index (χ4n) is 1.19. The molecule has 0 N–H and O–H groups in total. The van der Waals surface area contributed by atoms with Crippen LogP contribution in [-0.4, -0.2) is 26.5 Å². The predicted octanol–water partition coefficient (Wildman–Crippen LogP) is 5.86. The molecule has 0 aliphatic carbocycles. The van der Waals surface area contributed by atoms with Crippen LogP contribution in [0, 0.1) is 0 Å². The van der Waals surface area contributed by atoms with Crippen molar-refractivity contribution in [3.8, 4) is 0 Å². The Hall–Kier alpha value is 2.35. The summed E-state index contributed by atoms with van der Waals surface area (Å²) in [6, 6.07) is 5.76. The van der Waals surface area contributed by atoms with Gasteiger partial charge in [-0.3, -0.25) is 0 Å². The summed E-state index contributed by atoms with van der Waals surface area (Å²) in [6.45, 7) is 0. The van der Waals surface area contributed by atoms with Gasteiger partial charge < -0.3 is 0 Å². The van der Waals surface area contributed by atoms with Crippen molar-refractivity contribution in [1.29, 1.82) is 0 Å². The van der Waals surface area contributed by atoms with Crippen molar-refractivity contribution >= 4 is 82.8 Å². The molecule has 94 valence electrons. The molecule has 6 heteroatoms. The van der Waals surface area contributed by atoms with Gasteiger partial charge in [-0.25, -0.2) is 0 Å². The molecule has 0 atom stereocenters. The van der Waals surface area contributed by atoms with Crippen LogP contribution in [0.1, 0.15) is 25.7 Å². The second-order valence-electron chi connectivity index (χ2n) is 3.57. The summed E-state index contributed by atoms with van der Waals surface area (Å²) in [5.74, 6) is 0. The Labute approximate surface area is 139 Å². The molecule has 0 amide bonds. The van der Waals surface area contributed by atoms with Crippen LogP contribution in [-0.2, 0) is 0 Å². The molecular weight excluding hydrogens is 496 g/mol. The molecule has 0 aliphatic rings. The first-order valence-electron chi connectivity index (χ1n) is 5.60. The number of halogens is 4. The summed E-state index contributed by atoms with van der Waals surface area (Å²) < 4.78 is 1.04. The summed E-state index contributed by atoms with van der Waals surface area (Å²) in [4.78, 5) is 0. The topological polar surface area (TPSA) is 0 Å². The lowest BCUT2D eigenvalue weighted by atomic mass is 10.4. The monoisotopic (exact) mass is 510 g/mol. The van der Waals surface area contributed by atoms with E-state index in [1.54, 1.807) is 0 Å². The highest BCUT2D eigenvalue weighted by atomic mass is 79.9. The average molecular weight is 514 g/mol. The largest absolute Gasteiger partial charge is 0.0765 e. The lowest BCUT2D eigenvalue weighted by molar-refractivity contribution is 0.871. The summed E-state index contributed by atoms with van der Waals surface area (Å²) in [5, 5.41) is 0. The van der Waals surface area contributed by atoms with Crippen molar-refractivity contribution < 1.29 is 0 Å². The first-order chi connectivity index (χ1) is 7.63. The normalized spacial score (nSPS) is 11.6. The first kappa shape index (κ1) is 18.4. The maximum absolute atomic E-state index is 3.51. The van der Waals surface area contributed by atoms with E-state index in [4.69, 9.17) is 0 Å². The zero-order valence-corrected chi connectivity index (χ0v) is 17.7. The quantitative estimate of drug-likeness (QED) is 0.184. The third-order valence-electron chi connectivity index (χ3n) is 2.03. The van der Waals surface area contributed by atoms with Gasteiger partial charge in [0.05, 0.1) is 7.47 Å². The van der Waals surface area contributed by atoms with Crippen LogP contribution in [0.25, 0.3) is 0 Å². The van der Waals surface area contributed by atoms with Gasteiger partial charge in [-0.05, 0) is 12.8 Å². The summed E-state index contributed by atoms with van der Waals surface area (Å²) in [7, 11) is 2.37. The molecule has 0 saturated heterocycles. The molecule has 0 aliphatic heterocycles. The molecule has 0 rings (SSSR count). The number of hydrogen-bond acceptors (Lipinski definition) is 0. The molecule has 16 heavy (non-hydrogen) atoms. The fraction of sp³-hybridized carbons (Fsp3) is 1.00. The van der Waals surface area contributed by atoms with E-state index in [9.17, 15) is 0 Å². The zero-order chi connectivity index (χ0) is 12.2. The Balaban J connectivity index is 2.93. The molecule has 0 saturated carbocycles. The molecule has 0 bridgehead atoms. The van der Waals surface area contributed by atoms with Gasteiger partial charge in [-0.1, -0.05) is 101 Å². The van der Waals surface area contributed by atoms with Crippen LogP contribution in [0.15, 0.2) is 0 Å². The van der Waals surface area contributed by atoms with Crippen molar-refractivity contribution in [2.45, 2.75) is 57.3 Å². The van der Waals surface area contributed by atoms with Crippen LogP contribution in [0.4, 0.5) is 0 Å². The second-order valence-corrected chi connectivity index (χ2v) is 13.4. The van der Waals surface area contributed by atoms with Gasteiger partial charge in [0.1, 0.15) is 0 Å². The smallest absolute Gasteiger partial charge is 0.0697 e. The number of rotatable bonds is 11. The maximum atomic E-state index is 3.51. The van der Waals surface area contributed by atoms with E-state index < -0.39 is 0 Å². The third-order valence-corrected chi connectivity index (χ3v) is 6.98. The van der Waals surface area contributed by atoms with E-state index in [1.165, 1.54) is 68.9 Å². The highest BCUT2D eigenvalue weighted by molar-refractivity contribution is 9.25. The lowest BCUT2D eigenvalue weighted by Gasteiger charge is -2.02. The van der Waals surface area contributed by atoms with E-state index in [0.29, 0.717) is 7.47 Å². The molecule has 0 aromatic heterocycles. The summed E-state index contributed by atoms with van der Waals surface area (Å²) in [5.41, 5.74) is 0. The van der Waals surface area contributed by atoms with Crippen molar-refractivity contribution in [3.05, 3.63) is 0 Å². The van der Waals surface area contributed by atoms with Crippen LogP contribution in [0.2, 0.25) is 24.2 Å². The van der Waals surface area contributed by atoms with E-state index in [2.05, 4.69) is 63.7 Å². The van der Waals surface area contributed by atoms with Crippen molar-refractivity contribution in [2.24, 2.45) is 0 Å². The Morgan fingerprint density at radius 2 is 1.00 bits per heavy atom. The van der Waals surface area contributed by atoms with Gasteiger partial charge in [0.25, 0.3) is 0 Å². The standard InChI is InChI=1S/C10H18Br4Si2/c11-9(12)3-1-5-15-7-8-16-6-2-4-10(13)14/h9-10H,1-8H2. The van der Waals surface area contributed by atoms with Gasteiger partial charge in [0.2, 0.25) is 0 Å². The average Bonchev–Trinajstić information content (AvgIpc) is 2.20. The minimum absolute atomic E-state index is 0.521. The lowest BCUT2D eigenvalue weighted by Crippen LogP contribution is -1.96. The van der Waals surface area contributed by atoms with Crippen molar-refractivity contribution in [3.63, 3.8) is 0 Å². The molecule has 0 nitrogen and oxygen atoms in total. The maximum Gasteiger partial charge on any atom is 0.0697 e. The predicted molar refractivity (Wildman–Crippen MR) is 92.5 cm³/mol. The third kappa shape index (κ3) is 16.4. The molecule has 0 fully saturated rings. The van der Waals surface area contributed by atoms with E-state index in [1.807, 2.05) is 0 Å². The Morgan fingerprint density at radius 3 is 1.31 bits per heavy atom. The minimum atomic E-state index is 0.521. The molecule has 4 radical (unpaired) electrons. The summed E-state index contributed by atoms with van der Waals surface area (Å²) >= 11 is 14.0. The second kappa shape index (κ2) is 13.8. The molecule has 0 heterocycles. The van der Waals surface area contributed by atoms with E-state index in [-0.39, 0.29) is 0 Å². The Kier molecular flexibility index (Phi) is 15.8. The van der Waals surface area contributed by atoms with Crippen molar-refractivity contribution in [1.82, 2.24) is 0 Å². The van der Waals surface area contributed by atoms with Crippen LogP contribution in [0.3, 0.4) is 0 Å². The highest BCUT2D eigenvalue weighted by Gasteiger charge is 1.99. The number of alkyl halides is 4. The first-order valence-corrected chi connectivity index (χ1v) is 12.1. The van der Waals surface area contributed by atoms with Gasteiger partial charge in [-0.15, -0.1) is 0 Å². The van der Waals surface area contributed by atoms with Crippen LogP contribution < -0.4 is 0 Å². The van der Waals surface area contributed by atoms with Gasteiger partial charge >= 0.3 is 0 Å². The van der Waals surface area contributed by atoms with Crippen LogP contribution in [0.5, 0.6) is 0 Å². The molecular formula is C10H18Br4Si2. The minimum Gasteiger partial charge on any atom is -0.0765 e. The molecule has 0 aromatic rings. The van der Waals surface area contributed by atoms with E-state index >= 15 is 0 Å². The van der Waals surface area contributed by atoms with Gasteiger partial charge in [0, 0.05) is 19.0 Å². The zero-order valence-electron chi connectivity index (χ0n) is 9.32. The van der Waals surface area contributed by atoms with Gasteiger partial charge in [-0.2, -0.15) is 0 Å². The number of hydrogen-bond donors (Lipinski definition) is 0. The summed E-state index contributed by atoms with van der Waals surface area (Å²) in [6.07, 6.45) is 5.23. The molecule has 0 spiro atoms. The van der Waals surface area contributed by atoms with Crippen LogP contribution >= 0.6 is 63.7 Å². The highest BCUT2D eigenvalue weighted by Crippen LogP contribution is 2.17. The molecule has 0 unspecified atom stereocenters. The van der Waals surface area contributed by atoms with E-state index in [0.717, 1.165) is 0 Å². The SMILES string of the molecule is BrC(Br)CCC[Si]CC[Si]CCCC(Br)Br. The fourth-order valence-corrected chi connectivity index (χ4v) is 5.31. The Morgan fingerprint density at radius 1 is 0.625 bits per heavy atom. The van der Waals surface area contributed by atoms with Crippen molar-refractivity contribution in [2.75, 3.05) is 0 Å². The van der Waals surface area contributed by atoms with Gasteiger partial charge in [0.15, 0.2) is 0 Å².